The molecule has 0 bridgehead atoms. The number of Topliss-reactive ketones (excluding diaryl/α,β-unsaturated/α-hetero) is 1. The molecule has 0 saturated heterocycles. The summed E-state index contributed by atoms with van der Waals surface area (Å²) in [6.45, 7) is 2.19. The van der Waals surface area contributed by atoms with Gasteiger partial charge in [-0.1, -0.05) is 12.1 Å². The van der Waals surface area contributed by atoms with Crippen molar-refractivity contribution in [1.82, 2.24) is 14.9 Å². The SMILES string of the molecule is O=C(CNCCCn1ccnc1)c1ccc2c(c1)CCCC2. The number of hydrogen-bond acceptors (Lipinski definition) is 3. The molecule has 2 aromatic rings. The molecule has 1 aliphatic carbocycles. The molecule has 0 amide bonds. The lowest BCUT2D eigenvalue weighted by atomic mass is 9.90. The highest BCUT2D eigenvalue weighted by Crippen LogP contribution is 2.22. The van der Waals surface area contributed by atoms with Crippen LogP contribution in [0.1, 0.15) is 40.7 Å². The van der Waals surface area contributed by atoms with Gasteiger partial charge in [-0.3, -0.25) is 4.79 Å². The van der Waals surface area contributed by atoms with Gasteiger partial charge in [0, 0.05) is 24.5 Å². The van der Waals surface area contributed by atoms with Gasteiger partial charge in [0.05, 0.1) is 12.9 Å². The lowest BCUT2D eigenvalue weighted by Crippen LogP contribution is -2.25. The van der Waals surface area contributed by atoms with Gasteiger partial charge in [-0.15, -0.1) is 0 Å². The fraction of sp³-hybridized carbons (Fsp3) is 0.444. The van der Waals surface area contributed by atoms with Crippen LogP contribution >= 0.6 is 0 Å². The molecular formula is C18H23N3O. The second-order valence-corrected chi connectivity index (χ2v) is 5.94. The van der Waals surface area contributed by atoms with Crippen molar-refractivity contribution in [3.63, 3.8) is 0 Å². The molecule has 116 valence electrons. The van der Waals surface area contributed by atoms with Crippen molar-refractivity contribution in [3.8, 4) is 0 Å². The van der Waals surface area contributed by atoms with Gasteiger partial charge in [0.15, 0.2) is 5.78 Å². The summed E-state index contributed by atoms with van der Waals surface area (Å²) in [5.41, 5.74) is 3.65. The quantitative estimate of drug-likeness (QED) is 0.631. The third-order valence-electron chi connectivity index (χ3n) is 4.29. The minimum Gasteiger partial charge on any atom is -0.337 e. The van der Waals surface area contributed by atoms with Crippen molar-refractivity contribution in [2.45, 2.75) is 38.6 Å². The van der Waals surface area contributed by atoms with Crippen LogP contribution in [0.5, 0.6) is 0 Å². The Bertz CT molecular complexity index is 619. The Morgan fingerprint density at radius 3 is 2.91 bits per heavy atom. The van der Waals surface area contributed by atoms with Gasteiger partial charge in [0.2, 0.25) is 0 Å². The second-order valence-electron chi connectivity index (χ2n) is 5.94. The molecule has 0 unspecified atom stereocenters. The second kappa shape index (κ2) is 7.36. The van der Waals surface area contributed by atoms with E-state index >= 15 is 0 Å². The van der Waals surface area contributed by atoms with Crippen molar-refractivity contribution in [3.05, 3.63) is 53.6 Å². The van der Waals surface area contributed by atoms with Crippen LogP contribution in [0.3, 0.4) is 0 Å². The fourth-order valence-electron chi connectivity index (χ4n) is 3.02. The van der Waals surface area contributed by atoms with Gasteiger partial charge in [-0.2, -0.15) is 0 Å². The Morgan fingerprint density at radius 2 is 2.09 bits per heavy atom. The summed E-state index contributed by atoms with van der Waals surface area (Å²) >= 11 is 0. The van der Waals surface area contributed by atoms with E-state index in [-0.39, 0.29) is 5.78 Å². The van der Waals surface area contributed by atoms with Crippen LogP contribution in [-0.2, 0) is 19.4 Å². The van der Waals surface area contributed by atoms with E-state index in [1.54, 1.807) is 6.20 Å². The monoisotopic (exact) mass is 297 g/mol. The summed E-state index contributed by atoms with van der Waals surface area (Å²) in [5, 5.41) is 3.24. The first-order valence-electron chi connectivity index (χ1n) is 8.14. The predicted octanol–water partition coefficient (Wildman–Crippen LogP) is 2.62. The molecule has 1 aliphatic rings. The molecule has 0 aliphatic heterocycles. The summed E-state index contributed by atoms with van der Waals surface area (Å²) in [6, 6.07) is 6.23. The number of nitrogens with zero attached hydrogens (tertiary/aromatic N) is 2. The zero-order chi connectivity index (χ0) is 15.2. The molecule has 1 aromatic carbocycles. The number of fused-ring (bicyclic) bond motifs is 1. The van der Waals surface area contributed by atoms with Gasteiger partial charge < -0.3 is 9.88 Å². The van der Waals surface area contributed by atoms with Crippen molar-refractivity contribution in [2.24, 2.45) is 0 Å². The van der Waals surface area contributed by atoms with Crippen molar-refractivity contribution < 1.29 is 4.79 Å². The molecule has 1 aromatic heterocycles. The highest BCUT2D eigenvalue weighted by Gasteiger charge is 2.12. The van der Waals surface area contributed by atoms with Crippen molar-refractivity contribution >= 4 is 5.78 Å². The van der Waals surface area contributed by atoms with E-state index in [2.05, 4.69) is 22.4 Å². The molecule has 1 N–H and O–H groups in total. The first-order chi connectivity index (χ1) is 10.8. The van der Waals surface area contributed by atoms with Crippen molar-refractivity contribution in [2.75, 3.05) is 13.1 Å². The minimum absolute atomic E-state index is 0.191. The van der Waals surface area contributed by atoms with Crippen LogP contribution in [-0.4, -0.2) is 28.4 Å². The molecule has 22 heavy (non-hydrogen) atoms. The predicted molar refractivity (Wildman–Crippen MR) is 87.1 cm³/mol. The van der Waals surface area contributed by atoms with E-state index in [9.17, 15) is 4.79 Å². The fourth-order valence-corrected chi connectivity index (χ4v) is 3.02. The van der Waals surface area contributed by atoms with Crippen LogP contribution in [0.2, 0.25) is 0 Å². The van der Waals surface area contributed by atoms with Crippen molar-refractivity contribution in [1.29, 1.82) is 0 Å². The normalized spacial score (nSPS) is 13.8. The van der Waals surface area contributed by atoms with Crippen LogP contribution in [0, 0.1) is 0 Å². The number of carbonyl (C=O) groups is 1. The number of nitrogens with one attached hydrogen (secondary N) is 1. The topological polar surface area (TPSA) is 46.9 Å². The molecular weight excluding hydrogens is 274 g/mol. The highest BCUT2D eigenvalue weighted by molar-refractivity contribution is 5.97. The first kappa shape index (κ1) is 15.0. The molecule has 3 rings (SSSR count). The average Bonchev–Trinajstić information content (AvgIpc) is 3.07. The van der Waals surface area contributed by atoms with Gasteiger partial charge in [0.1, 0.15) is 0 Å². The summed E-state index contributed by atoms with van der Waals surface area (Å²) < 4.78 is 2.05. The smallest absolute Gasteiger partial charge is 0.176 e. The zero-order valence-corrected chi connectivity index (χ0v) is 12.9. The summed E-state index contributed by atoms with van der Waals surface area (Å²) in [6.07, 6.45) is 11.4. The molecule has 4 heteroatoms. The third kappa shape index (κ3) is 3.83. The summed E-state index contributed by atoms with van der Waals surface area (Å²) in [7, 11) is 0. The number of aryl methyl sites for hydroxylation is 3. The van der Waals surface area contributed by atoms with E-state index < -0.39 is 0 Å². The van der Waals surface area contributed by atoms with E-state index in [0.29, 0.717) is 6.54 Å². The maximum absolute atomic E-state index is 12.2. The number of carbonyl (C=O) groups excluding carboxylic acids is 1. The lowest BCUT2D eigenvalue weighted by molar-refractivity contribution is 0.0991. The first-order valence-corrected chi connectivity index (χ1v) is 8.14. The Balaban J connectivity index is 1.43. The molecule has 0 saturated carbocycles. The Kier molecular flexibility index (Phi) is 5.01. The van der Waals surface area contributed by atoms with Crippen LogP contribution < -0.4 is 5.32 Å². The molecule has 4 nitrogen and oxygen atoms in total. The molecule has 0 fully saturated rings. The number of ketones is 1. The summed E-state index contributed by atoms with van der Waals surface area (Å²) in [4.78, 5) is 16.3. The lowest BCUT2D eigenvalue weighted by Gasteiger charge is -2.16. The maximum Gasteiger partial charge on any atom is 0.176 e. The number of rotatable bonds is 7. The number of hydrogen-bond donors (Lipinski definition) is 1. The summed E-state index contributed by atoms with van der Waals surface area (Å²) in [5.74, 6) is 0.191. The largest absolute Gasteiger partial charge is 0.337 e. The van der Waals surface area contributed by atoms with E-state index in [4.69, 9.17) is 0 Å². The van der Waals surface area contributed by atoms with E-state index in [0.717, 1.165) is 37.9 Å². The zero-order valence-electron chi connectivity index (χ0n) is 12.9. The number of benzene rings is 1. The van der Waals surface area contributed by atoms with Gasteiger partial charge in [0.25, 0.3) is 0 Å². The molecule has 0 radical (unpaired) electrons. The molecule has 0 atom stereocenters. The van der Waals surface area contributed by atoms with E-state index in [1.807, 2.05) is 23.2 Å². The number of imidazole rings is 1. The molecule has 1 heterocycles. The van der Waals surface area contributed by atoms with E-state index in [1.165, 1.54) is 24.0 Å². The van der Waals surface area contributed by atoms with Gasteiger partial charge >= 0.3 is 0 Å². The minimum atomic E-state index is 0.191. The average molecular weight is 297 g/mol. The number of aromatic nitrogens is 2. The van der Waals surface area contributed by atoms with Gasteiger partial charge in [-0.05, 0) is 55.8 Å². The maximum atomic E-state index is 12.2. The van der Waals surface area contributed by atoms with Crippen LogP contribution in [0.4, 0.5) is 0 Å². The van der Waals surface area contributed by atoms with Crippen LogP contribution in [0.15, 0.2) is 36.9 Å². The third-order valence-corrected chi connectivity index (χ3v) is 4.29. The Morgan fingerprint density at radius 1 is 1.23 bits per heavy atom. The Hall–Kier alpha value is -1.94. The Labute approximate surface area is 131 Å². The highest BCUT2D eigenvalue weighted by atomic mass is 16.1. The van der Waals surface area contributed by atoms with Crippen LogP contribution in [0.25, 0.3) is 0 Å². The molecule has 0 spiro atoms. The standard InChI is InChI=1S/C18H23N3O/c22-18(13-19-8-3-10-21-11-9-20-14-21)17-7-6-15-4-1-2-5-16(15)12-17/h6-7,9,11-12,14,19H,1-5,8,10,13H2. The van der Waals surface area contributed by atoms with Gasteiger partial charge in [-0.25, -0.2) is 4.98 Å².